The van der Waals surface area contributed by atoms with Gasteiger partial charge in [0.05, 0.1) is 18.2 Å². The number of carbonyl (C=O) groups excluding carboxylic acids is 3. The fourth-order valence-corrected chi connectivity index (χ4v) is 3.40. The highest BCUT2D eigenvalue weighted by molar-refractivity contribution is 6.11. The van der Waals surface area contributed by atoms with Crippen molar-refractivity contribution in [2.45, 2.75) is 33.2 Å². The molecule has 142 valence electrons. The Labute approximate surface area is 163 Å². The highest BCUT2D eigenvalue weighted by Gasteiger charge is 2.49. The number of benzene rings is 2. The number of Topliss-reactive ketones (excluding diaryl/α,β-unsaturated/α-hetero) is 1. The lowest BCUT2D eigenvalue weighted by Gasteiger charge is -2.22. The number of hydrogen-bond acceptors (Lipinski definition) is 4. The molecule has 2 aromatic carbocycles. The second-order valence-corrected chi connectivity index (χ2v) is 7.31. The molecular formula is C22H21N3O3. The van der Waals surface area contributed by atoms with Crippen LogP contribution >= 0.6 is 0 Å². The van der Waals surface area contributed by atoms with E-state index >= 15 is 0 Å². The molecule has 1 fully saturated rings. The maximum absolute atomic E-state index is 13.0. The van der Waals surface area contributed by atoms with Crippen LogP contribution in [0, 0.1) is 32.1 Å². The summed E-state index contributed by atoms with van der Waals surface area (Å²) in [7, 11) is 0. The number of hydrogen-bond donors (Lipinski definition) is 1. The maximum Gasteiger partial charge on any atom is 0.325 e. The van der Waals surface area contributed by atoms with E-state index in [2.05, 4.69) is 5.32 Å². The van der Waals surface area contributed by atoms with E-state index in [4.69, 9.17) is 5.26 Å². The van der Waals surface area contributed by atoms with Gasteiger partial charge in [-0.05, 0) is 68.1 Å². The topological polar surface area (TPSA) is 90.3 Å². The molecule has 1 heterocycles. The molecule has 1 atom stereocenters. The smallest absolute Gasteiger partial charge is 0.319 e. The van der Waals surface area contributed by atoms with Crippen LogP contribution in [0.5, 0.6) is 0 Å². The zero-order valence-electron chi connectivity index (χ0n) is 16.3. The lowest BCUT2D eigenvalue weighted by atomic mass is 9.91. The molecule has 1 saturated heterocycles. The Bertz CT molecular complexity index is 1030. The van der Waals surface area contributed by atoms with Crippen molar-refractivity contribution in [2.24, 2.45) is 0 Å². The van der Waals surface area contributed by atoms with Gasteiger partial charge in [-0.15, -0.1) is 0 Å². The van der Waals surface area contributed by atoms with Crippen LogP contribution in [0.2, 0.25) is 0 Å². The number of urea groups is 1. The average Bonchev–Trinajstić information content (AvgIpc) is 2.88. The summed E-state index contributed by atoms with van der Waals surface area (Å²) in [5.74, 6) is -0.773. The molecule has 0 aromatic heterocycles. The van der Waals surface area contributed by atoms with Crippen molar-refractivity contribution in [3.05, 3.63) is 69.8 Å². The lowest BCUT2D eigenvalue weighted by molar-refractivity contribution is -0.130. The van der Waals surface area contributed by atoms with Crippen molar-refractivity contribution in [1.29, 1.82) is 5.26 Å². The maximum atomic E-state index is 13.0. The Morgan fingerprint density at radius 1 is 1.07 bits per heavy atom. The molecule has 6 heteroatoms. The quantitative estimate of drug-likeness (QED) is 0.657. The normalized spacial score (nSPS) is 18.8. The number of ketones is 1. The van der Waals surface area contributed by atoms with Gasteiger partial charge in [-0.2, -0.15) is 5.26 Å². The number of rotatable bonds is 4. The zero-order valence-corrected chi connectivity index (χ0v) is 16.3. The van der Waals surface area contributed by atoms with Crippen molar-refractivity contribution < 1.29 is 14.4 Å². The largest absolute Gasteiger partial charge is 0.325 e. The Morgan fingerprint density at radius 3 is 2.29 bits per heavy atom. The molecule has 6 nitrogen and oxygen atoms in total. The van der Waals surface area contributed by atoms with Gasteiger partial charge >= 0.3 is 6.03 Å². The first kappa shape index (κ1) is 19.3. The second kappa shape index (κ2) is 6.93. The summed E-state index contributed by atoms with van der Waals surface area (Å²) in [5.41, 5.74) is 3.13. The third kappa shape index (κ3) is 3.16. The molecule has 28 heavy (non-hydrogen) atoms. The van der Waals surface area contributed by atoms with E-state index in [9.17, 15) is 14.4 Å². The van der Waals surface area contributed by atoms with E-state index in [0.29, 0.717) is 16.7 Å². The molecule has 0 saturated carbocycles. The predicted octanol–water partition coefficient (Wildman–Crippen LogP) is 3.13. The molecule has 0 radical (unpaired) electrons. The standard InChI is InChI=1S/C22H21N3O3/c1-13-9-15(3)18(10-14(13)2)19(26)12-25-20(27)22(4,24-21(25)28)17-7-5-16(11-23)6-8-17/h5-10H,12H2,1-4H3,(H,24,28). The first-order chi connectivity index (χ1) is 13.2. The van der Waals surface area contributed by atoms with Crippen LogP contribution in [0.3, 0.4) is 0 Å². The molecule has 0 aliphatic carbocycles. The Kier molecular flexibility index (Phi) is 4.78. The molecule has 2 aromatic rings. The molecule has 0 bridgehead atoms. The molecular weight excluding hydrogens is 354 g/mol. The molecule has 1 aliphatic rings. The minimum atomic E-state index is -1.27. The van der Waals surface area contributed by atoms with E-state index in [1.807, 2.05) is 32.9 Å². The summed E-state index contributed by atoms with van der Waals surface area (Å²) in [6.45, 7) is 7.00. The summed E-state index contributed by atoms with van der Waals surface area (Å²) in [5, 5.41) is 11.6. The first-order valence-electron chi connectivity index (χ1n) is 8.93. The summed E-state index contributed by atoms with van der Waals surface area (Å²) in [6, 6.07) is 11.6. The molecule has 3 rings (SSSR count). The van der Waals surface area contributed by atoms with Crippen molar-refractivity contribution >= 4 is 17.7 Å². The summed E-state index contributed by atoms with van der Waals surface area (Å²) in [6.07, 6.45) is 0. The average molecular weight is 375 g/mol. The van der Waals surface area contributed by atoms with Crippen molar-refractivity contribution in [3.8, 4) is 6.07 Å². The van der Waals surface area contributed by atoms with Gasteiger partial charge in [0.2, 0.25) is 0 Å². The van der Waals surface area contributed by atoms with Crippen LogP contribution in [0.1, 0.15) is 45.1 Å². The molecule has 1 unspecified atom stereocenters. The summed E-state index contributed by atoms with van der Waals surface area (Å²) < 4.78 is 0. The Hall–Kier alpha value is -3.46. The highest BCUT2D eigenvalue weighted by Crippen LogP contribution is 2.29. The van der Waals surface area contributed by atoms with Gasteiger partial charge in [0.25, 0.3) is 5.91 Å². The molecule has 1 aliphatic heterocycles. The van der Waals surface area contributed by atoms with E-state index in [-0.39, 0.29) is 12.3 Å². The third-order valence-corrected chi connectivity index (χ3v) is 5.31. The van der Waals surface area contributed by atoms with Gasteiger partial charge in [0.15, 0.2) is 5.78 Å². The van der Waals surface area contributed by atoms with Crippen LogP contribution in [-0.4, -0.2) is 29.2 Å². The number of nitriles is 1. The first-order valence-corrected chi connectivity index (χ1v) is 8.93. The predicted molar refractivity (Wildman–Crippen MR) is 104 cm³/mol. The monoisotopic (exact) mass is 375 g/mol. The SMILES string of the molecule is Cc1cc(C)c(C(=O)CN2C(=O)NC(C)(c3ccc(C#N)cc3)C2=O)cc1C. The van der Waals surface area contributed by atoms with Gasteiger partial charge in [0, 0.05) is 5.56 Å². The number of amides is 3. The summed E-state index contributed by atoms with van der Waals surface area (Å²) in [4.78, 5) is 39.2. The van der Waals surface area contributed by atoms with Crippen LogP contribution in [-0.2, 0) is 10.3 Å². The van der Waals surface area contributed by atoms with E-state index in [1.54, 1.807) is 37.3 Å². The van der Waals surface area contributed by atoms with Crippen LogP contribution in [0.4, 0.5) is 4.79 Å². The Balaban J connectivity index is 1.87. The van der Waals surface area contributed by atoms with Gasteiger partial charge in [-0.1, -0.05) is 18.2 Å². The van der Waals surface area contributed by atoms with E-state index in [0.717, 1.165) is 21.6 Å². The molecule has 3 amide bonds. The lowest BCUT2D eigenvalue weighted by Crippen LogP contribution is -2.41. The molecule has 0 spiro atoms. The van der Waals surface area contributed by atoms with Gasteiger partial charge in [-0.3, -0.25) is 14.5 Å². The number of imide groups is 1. The highest BCUT2D eigenvalue weighted by atomic mass is 16.2. The minimum absolute atomic E-state index is 0.284. The third-order valence-electron chi connectivity index (χ3n) is 5.31. The van der Waals surface area contributed by atoms with Crippen LogP contribution < -0.4 is 5.32 Å². The van der Waals surface area contributed by atoms with Crippen LogP contribution in [0.15, 0.2) is 36.4 Å². The van der Waals surface area contributed by atoms with Crippen molar-refractivity contribution in [3.63, 3.8) is 0 Å². The van der Waals surface area contributed by atoms with Crippen molar-refractivity contribution in [1.82, 2.24) is 10.2 Å². The van der Waals surface area contributed by atoms with Crippen molar-refractivity contribution in [2.75, 3.05) is 6.54 Å². The van der Waals surface area contributed by atoms with Gasteiger partial charge < -0.3 is 5.32 Å². The number of carbonyl (C=O) groups is 3. The van der Waals surface area contributed by atoms with E-state index in [1.165, 1.54) is 0 Å². The fraction of sp³-hybridized carbons (Fsp3) is 0.273. The van der Waals surface area contributed by atoms with Gasteiger partial charge in [0.1, 0.15) is 5.54 Å². The van der Waals surface area contributed by atoms with Crippen LogP contribution in [0.25, 0.3) is 0 Å². The second-order valence-electron chi connectivity index (χ2n) is 7.31. The fourth-order valence-electron chi connectivity index (χ4n) is 3.40. The zero-order chi connectivity index (χ0) is 20.6. The minimum Gasteiger partial charge on any atom is -0.319 e. The van der Waals surface area contributed by atoms with E-state index < -0.39 is 17.5 Å². The number of nitrogens with zero attached hydrogens (tertiary/aromatic N) is 2. The summed E-state index contributed by atoms with van der Waals surface area (Å²) >= 11 is 0. The molecule has 1 N–H and O–H groups in total. The Morgan fingerprint density at radius 2 is 1.68 bits per heavy atom. The van der Waals surface area contributed by atoms with Gasteiger partial charge in [-0.25, -0.2) is 4.79 Å². The number of nitrogens with one attached hydrogen (secondary N) is 1. The number of aryl methyl sites for hydroxylation is 3.